The first-order valence-electron chi connectivity index (χ1n) is 14.8. The second kappa shape index (κ2) is 16.0. The average molecular weight is 713 g/mol. The van der Waals surface area contributed by atoms with Gasteiger partial charge in [0.05, 0.1) is 9.85 Å². The van der Waals surface area contributed by atoms with Crippen molar-refractivity contribution in [1.29, 1.82) is 0 Å². The van der Waals surface area contributed by atoms with E-state index >= 15 is 0 Å². The van der Waals surface area contributed by atoms with Crippen molar-refractivity contribution in [2.24, 2.45) is 9.98 Å². The zero-order valence-electron chi connectivity index (χ0n) is 27.5. The van der Waals surface area contributed by atoms with Gasteiger partial charge in [-0.05, 0) is 22.0 Å². The molecule has 0 spiro atoms. The van der Waals surface area contributed by atoms with E-state index in [9.17, 15) is 30.4 Å². The molecule has 2 atom stereocenters. The SMILES string of the molecule is CC(C)(C)c1cc([N+](=O)[O-])cc(C=NC(c2ccccc2)C(N=Cc2cc([N+](=O)[O-])cc(C(C)(C)C)c2O)c2ccccc2)c1O.[Cl-].[Mn]. The number of aromatic hydroxyl groups is 2. The maximum absolute atomic E-state index is 11.8. The van der Waals surface area contributed by atoms with Crippen LogP contribution in [0.1, 0.15) is 87.0 Å². The minimum absolute atomic E-state index is 0. The van der Waals surface area contributed by atoms with E-state index in [0.717, 1.165) is 11.1 Å². The first-order chi connectivity index (χ1) is 21.6. The Morgan fingerprint density at radius 1 is 0.625 bits per heavy atom. The molecule has 4 aromatic rings. The fraction of sp³-hybridized carbons (Fsp3) is 0.278. The smallest absolute Gasteiger partial charge is 0.270 e. The third-order valence-corrected chi connectivity index (χ3v) is 7.62. The van der Waals surface area contributed by atoms with E-state index in [1.165, 1.54) is 36.7 Å². The van der Waals surface area contributed by atoms with E-state index in [1.54, 1.807) is 0 Å². The van der Waals surface area contributed by atoms with Crippen LogP contribution in [-0.4, -0.2) is 32.5 Å². The average Bonchev–Trinajstić information content (AvgIpc) is 2.99. The molecule has 0 fully saturated rings. The van der Waals surface area contributed by atoms with Crippen molar-refractivity contribution < 1.29 is 49.5 Å². The van der Waals surface area contributed by atoms with Crippen molar-refractivity contribution in [3.05, 3.63) is 139 Å². The number of nitro benzene ring substituents is 2. The van der Waals surface area contributed by atoms with E-state index in [1.807, 2.05) is 102 Å². The predicted molar refractivity (Wildman–Crippen MR) is 180 cm³/mol. The number of nitro groups is 2. The molecule has 0 aromatic heterocycles. The number of phenolic OH excluding ortho intramolecular Hbond substituents is 2. The Hall–Kier alpha value is -4.57. The summed E-state index contributed by atoms with van der Waals surface area (Å²) in [6.07, 6.45) is 2.84. The van der Waals surface area contributed by atoms with E-state index in [-0.39, 0.29) is 63.5 Å². The number of halogens is 1. The predicted octanol–water partition coefficient (Wildman–Crippen LogP) is 5.53. The van der Waals surface area contributed by atoms with Crippen molar-refractivity contribution in [2.45, 2.75) is 64.5 Å². The van der Waals surface area contributed by atoms with Crippen LogP contribution in [0.3, 0.4) is 0 Å². The summed E-state index contributed by atoms with van der Waals surface area (Å²) < 4.78 is 0. The zero-order chi connectivity index (χ0) is 33.8. The fourth-order valence-electron chi connectivity index (χ4n) is 5.15. The Morgan fingerprint density at radius 3 is 1.21 bits per heavy atom. The number of non-ortho nitro benzene ring substituents is 2. The number of nitrogens with zero attached hydrogens (tertiary/aromatic N) is 4. The summed E-state index contributed by atoms with van der Waals surface area (Å²) in [5.74, 6) is -0.214. The molecule has 0 saturated heterocycles. The van der Waals surface area contributed by atoms with Gasteiger partial charge in [-0.15, -0.1) is 0 Å². The van der Waals surface area contributed by atoms with Gasteiger partial charge in [-0.3, -0.25) is 30.2 Å². The van der Waals surface area contributed by atoms with Gasteiger partial charge >= 0.3 is 0 Å². The van der Waals surface area contributed by atoms with Crippen LogP contribution < -0.4 is 12.4 Å². The Morgan fingerprint density at radius 2 is 0.938 bits per heavy atom. The van der Waals surface area contributed by atoms with Crippen LogP contribution in [-0.2, 0) is 27.9 Å². The quantitative estimate of drug-likeness (QED) is 0.101. The summed E-state index contributed by atoms with van der Waals surface area (Å²) in [4.78, 5) is 32.3. The first-order valence-corrected chi connectivity index (χ1v) is 14.8. The molecule has 12 heteroatoms. The third kappa shape index (κ3) is 9.28. The molecule has 10 nitrogen and oxygen atoms in total. The summed E-state index contributed by atoms with van der Waals surface area (Å²) >= 11 is 0. The van der Waals surface area contributed by atoms with Crippen LogP contribution in [0.5, 0.6) is 11.5 Å². The van der Waals surface area contributed by atoms with Gasteiger partial charge < -0.3 is 22.6 Å². The largest absolute Gasteiger partial charge is 1.00 e. The van der Waals surface area contributed by atoms with Crippen LogP contribution in [0.4, 0.5) is 11.4 Å². The molecule has 4 aromatic carbocycles. The van der Waals surface area contributed by atoms with Gasteiger partial charge in [0.25, 0.3) is 11.4 Å². The second-order valence-electron chi connectivity index (χ2n) is 13.1. The maximum atomic E-state index is 11.8. The van der Waals surface area contributed by atoms with Crippen molar-refractivity contribution in [1.82, 2.24) is 0 Å². The summed E-state index contributed by atoms with van der Waals surface area (Å²) in [5.41, 5.74) is 1.21. The van der Waals surface area contributed by atoms with E-state index in [4.69, 9.17) is 9.98 Å². The Kier molecular flexibility index (Phi) is 13.2. The van der Waals surface area contributed by atoms with Gasteiger partial charge in [0, 0.05) is 76.0 Å². The first kappa shape index (κ1) is 39.6. The van der Waals surface area contributed by atoms with Crippen LogP contribution in [0.25, 0.3) is 0 Å². The van der Waals surface area contributed by atoms with Gasteiger partial charge in [-0.1, -0.05) is 102 Å². The Balaban J connectivity index is 0.00000400. The summed E-state index contributed by atoms with van der Waals surface area (Å²) in [6.45, 7) is 11.1. The molecule has 0 amide bonds. The van der Waals surface area contributed by atoms with Crippen molar-refractivity contribution in [3.63, 3.8) is 0 Å². The van der Waals surface area contributed by atoms with Crippen LogP contribution >= 0.6 is 0 Å². The van der Waals surface area contributed by atoms with Gasteiger partial charge in [0.2, 0.25) is 0 Å². The molecule has 4 rings (SSSR count). The Bertz CT molecular complexity index is 1670. The van der Waals surface area contributed by atoms with Gasteiger partial charge in [0.1, 0.15) is 23.6 Å². The molecule has 0 heterocycles. The zero-order valence-corrected chi connectivity index (χ0v) is 29.4. The maximum Gasteiger partial charge on any atom is 0.270 e. The monoisotopic (exact) mass is 712 g/mol. The van der Waals surface area contributed by atoms with Gasteiger partial charge in [-0.2, -0.15) is 0 Å². The molecule has 48 heavy (non-hydrogen) atoms. The molecule has 0 aliphatic carbocycles. The molecular weight excluding hydrogens is 675 g/mol. The topological polar surface area (TPSA) is 151 Å². The molecule has 1 radical (unpaired) electrons. The number of aliphatic imine (C=N–C) groups is 2. The van der Waals surface area contributed by atoms with E-state index in [0.29, 0.717) is 11.1 Å². The molecule has 0 bridgehead atoms. The number of rotatable bonds is 9. The molecule has 2 N–H and O–H groups in total. The van der Waals surface area contributed by atoms with E-state index in [2.05, 4.69) is 0 Å². The molecule has 0 aliphatic heterocycles. The summed E-state index contributed by atoms with van der Waals surface area (Å²) in [5, 5.41) is 46.0. The van der Waals surface area contributed by atoms with Crippen molar-refractivity contribution in [2.75, 3.05) is 0 Å². The molecule has 2 unspecified atom stereocenters. The Labute approximate surface area is 296 Å². The standard InChI is InChI=1S/C36H38N4O6.ClH.Mn/c1-35(2,3)29-19-27(39(43)44)17-25(33(29)41)21-37-31(23-13-9-7-10-14-23)32(24-15-11-8-12-16-24)38-22-26-18-28(40(45)46)20-30(34(26)42)36(4,5)6;;/h7-22,31-32,41-42H,1-6H3;1H;/p-1. The number of benzene rings is 4. The molecular formula is C36H38ClMnN4O6-. The normalized spacial score (nSPS) is 13.0. The van der Waals surface area contributed by atoms with E-state index < -0.39 is 32.8 Å². The van der Waals surface area contributed by atoms with Crippen LogP contribution in [0.15, 0.2) is 94.9 Å². The number of hydrogen-bond donors (Lipinski definition) is 2. The van der Waals surface area contributed by atoms with Crippen LogP contribution in [0, 0.1) is 20.2 Å². The summed E-state index contributed by atoms with van der Waals surface area (Å²) in [6, 6.07) is 22.6. The van der Waals surface area contributed by atoms with Gasteiger partial charge in [0.15, 0.2) is 0 Å². The van der Waals surface area contributed by atoms with Crippen molar-refractivity contribution in [3.8, 4) is 11.5 Å². The minimum Gasteiger partial charge on any atom is -1.00 e. The molecule has 253 valence electrons. The number of phenols is 2. The molecule has 0 aliphatic rings. The van der Waals surface area contributed by atoms with Crippen molar-refractivity contribution >= 4 is 23.8 Å². The minimum atomic E-state index is -0.695. The summed E-state index contributed by atoms with van der Waals surface area (Å²) in [7, 11) is 0. The fourth-order valence-corrected chi connectivity index (χ4v) is 5.15. The molecule has 0 saturated carbocycles. The number of hydrogen-bond acceptors (Lipinski definition) is 8. The second-order valence-corrected chi connectivity index (χ2v) is 13.1. The van der Waals surface area contributed by atoms with Crippen LogP contribution in [0.2, 0.25) is 0 Å². The third-order valence-electron chi connectivity index (χ3n) is 7.62. The van der Waals surface area contributed by atoms with Gasteiger partial charge in [-0.25, -0.2) is 0 Å².